The predicted molar refractivity (Wildman–Crippen MR) is 63.4 cm³/mol. The molecule has 2 aromatic carbocycles. The molecule has 1 nitrogen and oxygen atoms in total. The number of ether oxygens (including phenoxy) is 1. The van der Waals surface area contributed by atoms with Crippen LogP contribution in [0.3, 0.4) is 0 Å². The van der Waals surface area contributed by atoms with Gasteiger partial charge in [0, 0.05) is 0 Å². The molecular weight excluding hydrogens is 196 g/mol. The van der Waals surface area contributed by atoms with Crippen LogP contribution >= 0.6 is 0 Å². The van der Waals surface area contributed by atoms with E-state index >= 15 is 0 Å². The van der Waals surface area contributed by atoms with Crippen molar-refractivity contribution in [3.8, 4) is 11.1 Å². The fourth-order valence-corrected chi connectivity index (χ4v) is 2.61. The largest absolute Gasteiger partial charge is 0.368 e. The highest BCUT2D eigenvalue weighted by Crippen LogP contribution is 2.39. The molecule has 0 N–H and O–H groups in total. The fourth-order valence-electron chi connectivity index (χ4n) is 2.61. The zero-order valence-electron chi connectivity index (χ0n) is 8.94. The van der Waals surface area contributed by atoms with Crippen molar-refractivity contribution >= 4 is 0 Å². The normalized spacial score (nSPS) is 20.4. The van der Waals surface area contributed by atoms with E-state index < -0.39 is 0 Å². The number of epoxide rings is 1. The van der Waals surface area contributed by atoms with Gasteiger partial charge in [-0.05, 0) is 34.2 Å². The third-order valence-corrected chi connectivity index (χ3v) is 3.52. The van der Waals surface area contributed by atoms with Gasteiger partial charge in [-0.15, -0.1) is 0 Å². The van der Waals surface area contributed by atoms with Crippen LogP contribution in [0, 0.1) is 0 Å². The van der Waals surface area contributed by atoms with Crippen LogP contribution in [0.1, 0.15) is 22.8 Å². The summed E-state index contributed by atoms with van der Waals surface area (Å²) >= 11 is 0. The van der Waals surface area contributed by atoms with Crippen LogP contribution in [0.2, 0.25) is 0 Å². The molecule has 4 rings (SSSR count). The van der Waals surface area contributed by atoms with Gasteiger partial charge in [0.05, 0.1) is 6.61 Å². The summed E-state index contributed by atoms with van der Waals surface area (Å²) in [6, 6.07) is 15.4. The van der Waals surface area contributed by atoms with Crippen molar-refractivity contribution in [2.45, 2.75) is 12.5 Å². The fraction of sp³-hybridized carbons (Fsp3) is 0.200. The second-order valence-corrected chi connectivity index (χ2v) is 4.57. The van der Waals surface area contributed by atoms with Gasteiger partial charge in [0.1, 0.15) is 6.10 Å². The number of hydrogen-bond donors (Lipinski definition) is 0. The lowest BCUT2D eigenvalue weighted by molar-refractivity contribution is 0.415. The molecule has 1 saturated heterocycles. The smallest absolute Gasteiger partial charge is 0.106 e. The Morgan fingerprint density at radius 2 is 1.75 bits per heavy atom. The van der Waals surface area contributed by atoms with Crippen LogP contribution in [0.5, 0.6) is 0 Å². The maximum absolute atomic E-state index is 5.33. The van der Waals surface area contributed by atoms with Crippen LogP contribution in [0.15, 0.2) is 42.5 Å². The average Bonchev–Trinajstić information content (AvgIpc) is 3.10. The summed E-state index contributed by atoms with van der Waals surface area (Å²) in [7, 11) is 0. The Labute approximate surface area is 94.7 Å². The van der Waals surface area contributed by atoms with Crippen molar-refractivity contribution in [1.29, 1.82) is 0 Å². The first-order valence-corrected chi connectivity index (χ1v) is 5.74. The number of hydrogen-bond acceptors (Lipinski definition) is 1. The van der Waals surface area contributed by atoms with Gasteiger partial charge in [-0.2, -0.15) is 0 Å². The molecule has 2 aromatic rings. The molecule has 0 saturated carbocycles. The van der Waals surface area contributed by atoms with Crippen molar-refractivity contribution in [1.82, 2.24) is 0 Å². The summed E-state index contributed by atoms with van der Waals surface area (Å²) in [4.78, 5) is 0. The molecule has 0 amide bonds. The molecule has 0 bridgehead atoms. The Morgan fingerprint density at radius 1 is 0.938 bits per heavy atom. The Balaban J connectivity index is 1.87. The van der Waals surface area contributed by atoms with Gasteiger partial charge in [-0.3, -0.25) is 0 Å². The van der Waals surface area contributed by atoms with Gasteiger partial charge in [0.15, 0.2) is 0 Å². The standard InChI is InChI=1S/C15H12O/c1-2-4-13-10(3-1)7-12-8-11(15-9-16-15)5-6-14(12)13/h1-6,8,15H,7,9H2/t15-/m0/s1. The van der Waals surface area contributed by atoms with E-state index in [1.54, 1.807) is 0 Å². The predicted octanol–water partition coefficient (Wildman–Crippen LogP) is 3.33. The van der Waals surface area contributed by atoms with E-state index in [1.807, 2.05) is 0 Å². The molecule has 1 heteroatoms. The molecule has 0 spiro atoms. The van der Waals surface area contributed by atoms with Crippen molar-refractivity contribution in [3.05, 3.63) is 59.2 Å². The minimum absolute atomic E-state index is 0.369. The van der Waals surface area contributed by atoms with E-state index in [-0.39, 0.29) is 0 Å². The van der Waals surface area contributed by atoms with E-state index in [4.69, 9.17) is 4.74 Å². The molecule has 0 aromatic heterocycles. The molecule has 16 heavy (non-hydrogen) atoms. The first kappa shape index (κ1) is 8.54. The van der Waals surface area contributed by atoms with Crippen molar-refractivity contribution in [3.63, 3.8) is 0 Å². The second-order valence-electron chi connectivity index (χ2n) is 4.57. The summed E-state index contributed by atoms with van der Waals surface area (Å²) in [6.45, 7) is 0.895. The van der Waals surface area contributed by atoms with E-state index in [0.29, 0.717) is 6.10 Å². The third-order valence-electron chi connectivity index (χ3n) is 3.52. The molecule has 1 heterocycles. The first-order valence-electron chi connectivity index (χ1n) is 5.74. The maximum Gasteiger partial charge on any atom is 0.106 e. The lowest BCUT2D eigenvalue weighted by Crippen LogP contribution is -1.85. The summed E-state index contributed by atoms with van der Waals surface area (Å²) in [5.41, 5.74) is 7.05. The van der Waals surface area contributed by atoms with Gasteiger partial charge >= 0.3 is 0 Å². The molecule has 0 unspecified atom stereocenters. The van der Waals surface area contributed by atoms with Crippen molar-refractivity contribution in [2.75, 3.05) is 6.61 Å². The van der Waals surface area contributed by atoms with Crippen LogP contribution in [0.4, 0.5) is 0 Å². The van der Waals surface area contributed by atoms with Crippen LogP contribution < -0.4 is 0 Å². The van der Waals surface area contributed by atoms with Gasteiger partial charge in [-0.1, -0.05) is 42.5 Å². The zero-order valence-corrected chi connectivity index (χ0v) is 8.94. The van der Waals surface area contributed by atoms with E-state index in [1.165, 1.54) is 27.8 Å². The van der Waals surface area contributed by atoms with E-state index in [0.717, 1.165) is 13.0 Å². The molecule has 1 aliphatic carbocycles. The lowest BCUT2D eigenvalue weighted by atomic mass is 10.0. The minimum Gasteiger partial charge on any atom is -0.368 e. The summed E-state index contributed by atoms with van der Waals surface area (Å²) in [5, 5.41) is 0. The number of benzene rings is 2. The zero-order chi connectivity index (χ0) is 10.5. The number of fused-ring (bicyclic) bond motifs is 3. The van der Waals surface area contributed by atoms with Gasteiger partial charge in [-0.25, -0.2) is 0 Å². The van der Waals surface area contributed by atoms with E-state index in [9.17, 15) is 0 Å². The Morgan fingerprint density at radius 3 is 2.62 bits per heavy atom. The molecule has 0 radical (unpaired) electrons. The molecule has 1 atom stereocenters. The topological polar surface area (TPSA) is 12.5 Å². The van der Waals surface area contributed by atoms with E-state index in [2.05, 4.69) is 42.5 Å². The first-order chi connectivity index (χ1) is 7.92. The highest BCUT2D eigenvalue weighted by atomic mass is 16.6. The van der Waals surface area contributed by atoms with Crippen molar-refractivity contribution < 1.29 is 4.74 Å². The van der Waals surface area contributed by atoms with Crippen molar-refractivity contribution in [2.24, 2.45) is 0 Å². The van der Waals surface area contributed by atoms with Crippen LogP contribution in [-0.2, 0) is 11.2 Å². The molecule has 1 fully saturated rings. The molecule has 78 valence electrons. The van der Waals surface area contributed by atoms with Crippen LogP contribution in [0.25, 0.3) is 11.1 Å². The monoisotopic (exact) mass is 208 g/mol. The third kappa shape index (κ3) is 1.15. The molecule has 2 aliphatic rings. The average molecular weight is 208 g/mol. The Hall–Kier alpha value is -1.60. The second kappa shape index (κ2) is 2.96. The molecule has 1 aliphatic heterocycles. The highest BCUT2D eigenvalue weighted by Gasteiger charge is 2.26. The highest BCUT2D eigenvalue weighted by molar-refractivity contribution is 5.77. The van der Waals surface area contributed by atoms with Crippen LogP contribution in [-0.4, -0.2) is 6.61 Å². The molecular formula is C15H12O. The minimum atomic E-state index is 0.369. The summed E-state index contributed by atoms with van der Waals surface area (Å²) < 4.78 is 5.33. The van der Waals surface area contributed by atoms with Gasteiger partial charge < -0.3 is 4.74 Å². The lowest BCUT2D eigenvalue weighted by Gasteiger charge is -2.02. The maximum atomic E-state index is 5.33. The Bertz CT molecular complexity index is 567. The summed E-state index contributed by atoms with van der Waals surface area (Å²) in [5.74, 6) is 0. The Kier molecular flexibility index (Phi) is 1.58. The van der Waals surface area contributed by atoms with Gasteiger partial charge in [0.2, 0.25) is 0 Å². The quantitative estimate of drug-likeness (QED) is 0.559. The SMILES string of the molecule is c1ccc2c(c1)Cc1cc([C@@H]3CO3)ccc1-2. The number of rotatable bonds is 1. The summed E-state index contributed by atoms with van der Waals surface area (Å²) in [6.07, 6.45) is 1.44. The van der Waals surface area contributed by atoms with Gasteiger partial charge in [0.25, 0.3) is 0 Å².